The Hall–Kier alpha value is -1.70. The summed E-state index contributed by atoms with van der Waals surface area (Å²) in [6.45, 7) is 7.60. The zero-order chi connectivity index (χ0) is 9.84. The van der Waals surface area contributed by atoms with Crippen LogP contribution in [0.1, 0.15) is 11.1 Å². The van der Waals surface area contributed by atoms with Crippen molar-refractivity contribution in [1.82, 2.24) is 5.32 Å². The van der Waals surface area contributed by atoms with Crippen molar-refractivity contribution in [2.45, 2.75) is 0 Å². The van der Waals surface area contributed by atoms with Gasteiger partial charge in [0.15, 0.2) is 0 Å². The van der Waals surface area contributed by atoms with E-state index in [1.807, 2.05) is 25.2 Å². The Morgan fingerprint density at radius 1 is 1.54 bits per heavy atom. The lowest BCUT2D eigenvalue weighted by atomic mass is 10.0. The van der Waals surface area contributed by atoms with Crippen molar-refractivity contribution in [2.24, 2.45) is 0 Å². The summed E-state index contributed by atoms with van der Waals surface area (Å²) < 4.78 is 0. The van der Waals surface area contributed by atoms with Gasteiger partial charge in [0, 0.05) is 29.6 Å². The zero-order valence-electron chi connectivity index (χ0n) is 7.80. The Bertz CT molecular complexity index is 340. The topological polar surface area (TPSA) is 38.0 Å². The number of hydrogen-bond donors (Lipinski definition) is 2. The largest absolute Gasteiger partial charge is 0.398 e. The van der Waals surface area contributed by atoms with Crippen LogP contribution in [0.3, 0.4) is 0 Å². The molecule has 0 radical (unpaired) electrons. The predicted octanol–water partition coefficient (Wildman–Crippen LogP) is 2.10. The van der Waals surface area contributed by atoms with Crippen molar-refractivity contribution >= 4 is 17.5 Å². The highest BCUT2D eigenvalue weighted by atomic mass is 14.8. The molecule has 1 aromatic rings. The molecule has 0 atom stereocenters. The number of nitrogens with one attached hydrogen (secondary N) is 1. The van der Waals surface area contributed by atoms with E-state index < -0.39 is 0 Å². The van der Waals surface area contributed by atoms with E-state index in [0.29, 0.717) is 0 Å². The van der Waals surface area contributed by atoms with Crippen molar-refractivity contribution in [2.75, 3.05) is 12.8 Å². The minimum absolute atomic E-state index is 0.726. The number of rotatable bonds is 3. The summed E-state index contributed by atoms with van der Waals surface area (Å²) >= 11 is 0. The third-order valence-electron chi connectivity index (χ3n) is 1.97. The van der Waals surface area contributed by atoms with Crippen LogP contribution in [0, 0.1) is 0 Å². The van der Waals surface area contributed by atoms with E-state index in [4.69, 9.17) is 5.73 Å². The predicted molar refractivity (Wildman–Crippen MR) is 59.0 cm³/mol. The van der Waals surface area contributed by atoms with Gasteiger partial charge < -0.3 is 11.1 Å². The van der Waals surface area contributed by atoms with Crippen LogP contribution < -0.4 is 11.1 Å². The fraction of sp³-hybridized carbons (Fsp3) is 0.0909. The molecule has 2 nitrogen and oxygen atoms in total. The van der Waals surface area contributed by atoms with Gasteiger partial charge in [0.1, 0.15) is 0 Å². The van der Waals surface area contributed by atoms with Crippen LogP contribution in [0.15, 0.2) is 31.4 Å². The van der Waals surface area contributed by atoms with Gasteiger partial charge in [0.05, 0.1) is 0 Å². The van der Waals surface area contributed by atoms with Crippen molar-refractivity contribution < 1.29 is 0 Å². The van der Waals surface area contributed by atoms with Crippen LogP contribution in [0.25, 0.3) is 11.8 Å². The Morgan fingerprint density at radius 3 is 2.77 bits per heavy atom. The number of anilines is 1. The van der Waals surface area contributed by atoms with Gasteiger partial charge in [-0.1, -0.05) is 31.4 Å². The average Bonchev–Trinajstić information content (AvgIpc) is 2.16. The molecule has 3 N–H and O–H groups in total. The SMILES string of the molecule is C=Cc1c(N)cccc1C(=C)NC. The van der Waals surface area contributed by atoms with Crippen LogP contribution >= 0.6 is 0 Å². The van der Waals surface area contributed by atoms with E-state index in [-0.39, 0.29) is 0 Å². The van der Waals surface area contributed by atoms with E-state index in [1.54, 1.807) is 6.08 Å². The Morgan fingerprint density at radius 2 is 2.23 bits per heavy atom. The first kappa shape index (κ1) is 9.39. The molecule has 0 amide bonds. The molecule has 1 aromatic carbocycles. The van der Waals surface area contributed by atoms with Gasteiger partial charge in [0.2, 0.25) is 0 Å². The van der Waals surface area contributed by atoms with Gasteiger partial charge in [-0.15, -0.1) is 0 Å². The number of benzene rings is 1. The maximum atomic E-state index is 5.78. The molecule has 13 heavy (non-hydrogen) atoms. The summed E-state index contributed by atoms with van der Waals surface area (Å²) in [5.41, 5.74) is 9.29. The van der Waals surface area contributed by atoms with Crippen LogP contribution in [-0.4, -0.2) is 7.05 Å². The maximum absolute atomic E-state index is 5.78. The Balaban J connectivity index is 3.28. The first-order valence-corrected chi connectivity index (χ1v) is 4.08. The summed E-state index contributed by atoms with van der Waals surface area (Å²) in [4.78, 5) is 0. The fourth-order valence-corrected chi connectivity index (χ4v) is 1.21. The van der Waals surface area contributed by atoms with Crippen LogP contribution in [0.2, 0.25) is 0 Å². The standard InChI is InChI=1S/C11H14N2/c1-4-9-10(8(2)13-3)6-5-7-11(9)12/h4-7,13H,1-2,12H2,3H3. The minimum atomic E-state index is 0.726. The number of hydrogen-bond acceptors (Lipinski definition) is 2. The third kappa shape index (κ3) is 1.72. The summed E-state index contributed by atoms with van der Waals surface area (Å²) in [5, 5.41) is 2.99. The van der Waals surface area contributed by atoms with Crippen molar-refractivity contribution in [3.63, 3.8) is 0 Å². The van der Waals surface area contributed by atoms with Crippen molar-refractivity contribution in [3.8, 4) is 0 Å². The van der Waals surface area contributed by atoms with Gasteiger partial charge in [0.25, 0.3) is 0 Å². The summed E-state index contributed by atoms with van der Waals surface area (Å²) in [6, 6.07) is 5.72. The molecule has 2 heteroatoms. The quantitative estimate of drug-likeness (QED) is 0.689. The average molecular weight is 174 g/mol. The van der Waals surface area contributed by atoms with Crippen molar-refractivity contribution in [3.05, 3.63) is 42.5 Å². The Kier molecular flexibility index (Phi) is 2.75. The molecule has 1 rings (SSSR count). The fourth-order valence-electron chi connectivity index (χ4n) is 1.21. The smallest absolute Gasteiger partial charge is 0.0394 e. The molecule has 68 valence electrons. The Labute approximate surface area is 78.8 Å². The highest BCUT2D eigenvalue weighted by Crippen LogP contribution is 2.22. The second-order valence-electron chi connectivity index (χ2n) is 2.74. The maximum Gasteiger partial charge on any atom is 0.0394 e. The number of nitrogen functional groups attached to an aromatic ring is 1. The molecule has 0 fully saturated rings. The van der Waals surface area contributed by atoms with Gasteiger partial charge in [-0.25, -0.2) is 0 Å². The van der Waals surface area contributed by atoms with Crippen molar-refractivity contribution in [1.29, 1.82) is 0 Å². The monoisotopic (exact) mass is 174 g/mol. The molecule has 0 aliphatic rings. The second-order valence-corrected chi connectivity index (χ2v) is 2.74. The van der Waals surface area contributed by atoms with Crippen LogP contribution in [0.4, 0.5) is 5.69 Å². The first-order valence-electron chi connectivity index (χ1n) is 4.08. The molecule has 0 aromatic heterocycles. The molecule has 0 saturated carbocycles. The first-order chi connectivity index (χ1) is 6.20. The highest BCUT2D eigenvalue weighted by molar-refractivity contribution is 5.78. The molecule has 0 aliphatic heterocycles. The van der Waals surface area contributed by atoms with E-state index in [1.165, 1.54) is 0 Å². The second kappa shape index (κ2) is 3.81. The van der Waals surface area contributed by atoms with Crippen LogP contribution in [-0.2, 0) is 0 Å². The normalized spacial score (nSPS) is 9.31. The zero-order valence-corrected chi connectivity index (χ0v) is 7.80. The molecule has 0 heterocycles. The lowest BCUT2D eigenvalue weighted by Gasteiger charge is -2.10. The molecule has 0 spiro atoms. The summed E-state index contributed by atoms with van der Waals surface area (Å²) in [7, 11) is 1.83. The van der Waals surface area contributed by atoms with E-state index >= 15 is 0 Å². The molecule has 0 aliphatic carbocycles. The highest BCUT2D eigenvalue weighted by Gasteiger charge is 2.04. The van der Waals surface area contributed by atoms with Crippen LogP contribution in [0.5, 0.6) is 0 Å². The van der Waals surface area contributed by atoms with Gasteiger partial charge in [-0.05, 0) is 6.07 Å². The number of nitrogens with two attached hydrogens (primary N) is 1. The molecule has 0 bridgehead atoms. The van der Waals surface area contributed by atoms with E-state index in [9.17, 15) is 0 Å². The van der Waals surface area contributed by atoms with E-state index in [2.05, 4.69) is 18.5 Å². The third-order valence-corrected chi connectivity index (χ3v) is 1.97. The molecule has 0 unspecified atom stereocenters. The van der Waals surface area contributed by atoms with E-state index in [0.717, 1.165) is 22.5 Å². The summed E-state index contributed by atoms with van der Waals surface area (Å²) in [5.74, 6) is 0. The van der Waals surface area contributed by atoms with Gasteiger partial charge in [-0.2, -0.15) is 0 Å². The van der Waals surface area contributed by atoms with Gasteiger partial charge in [-0.3, -0.25) is 0 Å². The lowest BCUT2D eigenvalue weighted by Crippen LogP contribution is -2.05. The minimum Gasteiger partial charge on any atom is -0.398 e. The summed E-state index contributed by atoms with van der Waals surface area (Å²) in [6.07, 6.45) is 1.74. The van der Waals surface area contributed by atoms with Gasteiger partial charge >= 0.3 is 0 Å². The molecular weight excluding hydrogens is 160 g/mol. The lowest BCUT2D eigenvalue weighted by molar-refractivity contribution is 1.13. The molecule has 0 saturated heterocycles. The molecular formula is C11H14N2.